The van der Waals surface area contributed by atoms with Crippen LogP contribution in [0.1, 0.15) is 13.3 Å². The van der Waals surface area contributed by atoms with E-state index in [9.17, 15) is 4.79 Å². The molecule has 3 rings (SSSR count). The molecule has 0 spiro atoms. The molecule has 0 radical (unpaired) electrons. The number of imidazole rings is 1. The van der Waals surface area contributed by atoms with Crippen LogP contribution < -0.4 is 10.2 Å². The van der Waals surface area contributed by atoms with Crippen molar-refractivity contribution in [3.8, 4) is 11.8 Å². The number of para-hydroxylation sites is 2. The highest BCUT2D eigenvalue weighted by molar-refractivity contribution is 5.93. The van der Waals surface area contributed by atoms with Crippen molar-refractivity contribution in [1.29, 1.82) is 0 Å². The van der Waals surface area contributed by atoms with E-state index in [-0.39, 0.29) is 6.03 Å². The maximum absolute atomic E-state index is 12.7. The van der Waals surface area contributed by atoms with Crippen LogP contribution in [0.5, 0.6) is 0 Å². The number of carbonyl (C=O) groups is 1. The first-order chi connectivity index (χ1) is 11.7. The normalized spacial score (nSPS) is 15.2. The molecule has 6 heteroatoms. The van der Waals surface area contributed by atoms with E-state index < -0.39 is 0 Å². The fourth-order valence-corrected chi connectivity index (χ4v) is 2.82. The Morgan fingerprint density at radius 1 is 1.21 bits per heavy atom. The summed E-state index contributed by atoms with van der Waals surface area (Å²) in [4.78, 5) is 21.9. The van der Waals surface area contributed by atoms with Gasteiger partial charge < -0.3 is 15.1 Å². The zero-order valence-corrected chi connectivity index (χ0v) is 14.2. The van der Waals surface area contributed by atoms with Crippen LogP contribution >= 0.6 is 0 Å². The SMILES string of the molecule is CCC#CCNC(=O)n1c(N2CCN(C)CC2)nc2ccccc21. The molecule has 1 aliphatic rings. The van der Waals surface area contributed by atoms with Gasteiger partial charge in [-0.3, -0.25) is 0 Å². The summed E-state index contributed by atoms with van der Waals surface area (Å²) in [5.41, 5.74) is 1.66. The second kappa shape index (κ2) is 7.37. The van der Waals surface area contributed by atoms with Crippen molar-refractivity contribution in [2.24, 2.45) is 0 Å². The van der Waals surface area contributed by atoms with Crippen molar-refractivity contribution in [1.82, 2.24) is 19.8 Å². The van der Waals surface area contributed by atoms with Gasteiger partial charge in [0.15, 0.2) is 0 Å². The Kier molecular flexibility index (Phi) is 5.02. The topological polar surface area (TPSA) is 53.4 Å². The summed E-state index contributed by atoms with van der Waals surface area (Å²) >= 11 is 0. The third-order valence-corrected chi connectivity index (χ3v) is 4.16. The number of carbonyl (C=O) groups excluding carboxylic acids is 1. The summed E-state index contributed by atoms with van der Waals surface area (Å²) in [6.07, 6.45) is 0.788. The van der Waals surface area contributed by atoms with E-state index in [4.69, 9.17) is 4.98 Å². The van der Waals surface area contributed by atoms with Crippen molar-refractivity contribution in [3.63, 3.8) is 0 Å². The lowest BCUT2D eigenvalue weighted by Crippen LogP contribution is -2.46. The molecule has 0 atom stereocenters. The van der Waals surface area contributed by atoms with Gasteiger partial charge in [-0.25, -0.2) is 14.3 Å². The number of benzene rings is 1. The second-order valence-electron chi connectivity index (χ2n) is 5.89. The van der Waals surface area contributed by atoms with Gasteiger partial charge in [-0.2, -0.15) is 0 Å². The molecule has 1 aliphatic heterocycles. The van der Waals surface area contributed by atoms with E-state index >= 15 is 0 Å². The van der Waals surface area contributed by atoms with Gasteiger partial charge in [0.1, 0.15) is 0 Å². The van der Waals surface area contributed by atoms with E-state index in [0.29, 0.717) is 12.5 Å². The number of nitrogens with zero attached hydrogens (tertiary/aromatic N) is 4. The lowest BCUT2D eigenvalue weighted by Gasteiger charge is -2.33. The predicted molar refractivity (Wildman–Crippen MR) is 96.3 cm³/mol. The molecule has 0 aliphatic carbocycles. The molecule has 0 bridgehead atoms. The Labute approximate surface area is 142 Å². The third-order valence-electron chi connectivity index (χ3n) is 4.16. The molecule has 24 heavy (non-hydrogen) atoms. The first-order valence-corrected chi connectivity index (χ1v) is 8.35. The Morgan fingerprint density at radius 2 is 1.96 bits per heavy atom. The standard InChI is InChI=1S/C18H23N5O/c1-3-4-7-10-19-18(24)23-16-9-6-5-8-15(16)20-17(23)22-13-11-21(2)12-14-22/h5-6,8-9H,3,10-14H2,1-2H3,(H,19,24). The van der Waals surface area contributed by atoms with Crippen molar-refractivity contribution in [2.75, 3.05) is 44.7 Å². The van der Waals surface area contributed by atoms with E-state index in [1.54, 1.807) is 4.57 Å². The highest BCUT2D eigenvalue weighted by Crippen LogP contribution is 2.23. The Morgan fingerprint density at radius 3 is 2.71 bits per heavy atom. The summed E-state index contributed by atoms with van der Waals surface area (Å²) < 4.78 is 1.67. The van der Waals surface area contributed by atoms with Gasteiger partial charge in [0, 0.05) is 32.6 Å². The van der Waals surface area contributed by atoms with Crippen LogP contribution in [0.3, 0.4) is 0 Å². The molecule has 2 heterocycles. The maximum atomic E-state index is 12.7. The number of hydrogen-bond acceptors (Lipinski definition) is 4. The Balaban J connectivity index is 1.91. The number of rotatable bonds is 2. The number of amides is 1. The Bertz CT molecular complexity index is 778. The lowest BCUT2D eigenvalue weighted by atomic mass is 10.3. The van der Waals surface area contributed by atoms with Gasteiger partial charge in [0.25, 0.3) is 0 Å². The van der Waals surface area contributed by atoms with E-state index in [2.05, 4.69) is 34.0 Å². The van der Waals surface area contributed by atoms with E-state index in [1.807, 2.05) is 31.2 Å². The molecule has 6 nitrogen and oxygen atoms in total. The fourth-order valence-electron chi connectivity index (χ4n) is 2.82. The number of likely N-dealkylation sites (N-methyl/N-ethyl adjacent to an activating group) is 1. The molecule has 2 aromatic rings. The van der Waals surface area contributed by atoms with Crippen molar-refractivity contribution >= 4 is 23.0 Å². The first kappa shape index (κ1) is 16.3. The Hall–Kier alpha value is -2.52. The van der Waals surface area contributed by atoms with Gasteiger partial charge in [0.2, 0.25) is 5.95 Å². The molecule has 1 aromatic heterocycles. The summed E-state index contributed by atoms with van der Waals surface area (Å²) in [6.45, 7) is 6.00. The lowest BCUT2D eigenvalue weighted by molar-refractivity contribution is 0.244. The summed E-state index contributed by atoms with van der Waals surface area (Å²) in [5.74, 6) is 6.62. The third kappa shape index (κ3) is 3.36. The number of nitrogens with one attached hydrogen (secondary N) is 1. The predicted octanol–water partition coefficient (Wildman–Crippen LogP) is 1.76. The quantitative estimate of drug-likeness (QED) is 0.855. The van der Waals surface area contributed by atoms with Crippen LogP contribution in [0.25, 0.3) is 11.0 Å². The zero-order valence-electron chi connectivity index (χ0n) is 14.2. The van der Waals surface area contributed by atoms with Crippen LogP contribution in [0.4, 0.5) is 10.7 Å². The molecular formula is C18H23N5O. The van der Waals surface area contributed by atoms with Crippen LogP contribution in [-0.2, 0) is 0 Å². The fraction of sp³-hybridized carbons (Fsp3) is 0.444. The molecule has 1 amide bonds. The van der Waals surface area contributed by atoms with Gasteiger partial charge >= 0.3 is 6.03 Å². The highest BCUT2D eigenvalue weighted by atomic mass is 16.2. The minimum Gasteiger partial charge on any atom is -0.339 e. The smallest absolute Gasteiger partial charge is 0.329 e. The minimum absolute atomic E-state index is 0.178. The van der Waals surface area contributed by atoms with E-state index in [1.165, 1.54) is 0 Å². The molecule has 1 fully saturated rings. The summed E-state index contributed by atoms with van der Waals surface area (Å²) in [6, 6.07) is 7.56. The number of hydrogen-bond donors (Lipinski definition) is 1. The zero-order chi connectivity index (χ0) is 16.9. The largest absolute Gasteiger partial charge is 0.339 e. The average Bonchev–Trinajstić information content (AvgIpc) is 2.99. The molecule has 1 aromatic carbocycles. The van der Waals surface area contributed by atoms with Crippen LogP contribution in [0, 0.1) is 11.8 Å². The van der Waals surface area contributed by atoms with Gasteiger partial charge in [-0.15, -0.1) is 5.92 Å². The molecule has 1 saturated heterocycles. The first-order valence-electron chi connectivity index (χ1n) is 8.35. The minimum atomic E-state index is -0.178. The van der Waals surface area contributed by atoms with Gasteiger partial charge in [0.05, 0.1) is 17.6 Å². The molecule has 0 unspecified atom stereocenters. The van der Waals surface area contributed by atoms with Crippen LogP contribution in [-0.4, -0.2) is 60.3 Å². The monoisotopic (exact) mass is 325 g/mol. The van der Waals surface area contributed by atoms with Crippen molar-refractivity contribution in [3.05, 3.63) is 24.3 Å². The number of fused-ring (bicyclic) bond motifs is 1. The van der Waals surface area contributed by atoms with Crippen molar-refractivity contribution in [2.45, 2.75) is 13.3 Å². The average molecular weight is 325 g/mol. The van der Waals surface area contributed by atoms with E-state index in [0.717, 1.165) is 43.6 Å². The number of anilines is 1. The second-order valence-corrected chi connectivity index (χ2v) is 5.89. The highest BCUT2D eigenvalue weighted by Gasteiger charge is 2.23. The molecule has 1 N–H and O–H groups in total. The molecule has 0 saturated carbocycles. The molecular weight excluding hydrogens is 302 g/mol. The maximum Gasteiger partial charge on any atom is 0.329 e. The van der Waals surface area contributed by atoms with Crippen LogP contribution in [0.2, 0.25) is 0 Å². The summed E-state index contributed by atoms with van der Waals surface area (Å²) in [5, 5.41) is 2.87. The van der Waals surface area contributed by atoms with Crippen LogP contribution in [0.15, 0.2) is 24.3 Å². The number of aromatic nitrogens is 2. The summed E-state index contributed by atoms with van der Waals surface area (Å²) in [7, 11) is 2.11. The van der Waals surface area contributed by atoms with Gasteiger partial charge in [-0.05, 0) is 19.2 Å². The number of piperazine rings is 1. The molecule has 126 valence electrons. The van der Waals surface area contributed by atoms with Gasteiger partial charge in [-0.1, -0.05) is 25.0 Å². The van der Waals surface area contributed by atoms with Crippen molar-refractivity contribution < 1.29 is 4.79 Å².